The number of hydrogen-bond acceptors (Lipinski definition) is 4. The summed E-state index contributed by atoms with van der Waals surface area (Å²) < 4.78 is 26.8. The summed E-state index contributed by atoms with van der Waals surface area (Å²) in [4.78, 5) is 14.5. The first kappa shape index (κ1) is 19.3. The first-order chi connectivity index (χ1) is 13.2. The SMILES string of the molecule is CCCOC(OC(=O)N1CCNCC1)(c1ccccc1)c1ccccc1F. The fraction of sp³-hybridized carbons (Fsp3) is 0.381. The highest BCUT2D eigenvalue weighted by atomic mass is 19.1. The Morgan fingerprint density at radius 3 is 2.44 bits per heavy atom. The molecule has 0 aromatic heterocycles. The van der Waals surface area contributed by atoms with E-state index < -0.39 is 17.7 Å². The number of carbonyl (C=O) groups is 1. The van der Waals surface area contributed by atoms with Gasteiger partial charge in [-0.2, -0.15) is 0 Å². The summed E-state index contributed by atoms with van der Waals surface area (Å²) in [6.07, 6.45) is 0.188. The summed E-state index contributed by atoms with van der Waals surface area (Å²) in [6, 6.07) is 15.3. The average molecular weight is 372 g/mol. The molecule has 6 heteroatoms. The van der Waals surface area contributed by atoms with E-state index in [4.69, 9.17) is 9.47 Å². The zero-order valence-corrected chi connectivity index (χ0v) is 15.5. The van der Waals surface area contributed by atoms with Crippen LogP contribution < -0.4 is 5.32 Å². The molecule has 1 amide bonds. The number of carbonyl (C=O) groups excluding carboxylic acids is 1. The number of amides is 1. The molecule has 27 heavy (non-hydrogen) atoms. The Hall–Kier alpha value is -2.44. The molecular weight excluding hydrogens is 347 g/mol. The maximum Gasteiger partial charge on any atom is 0.412 e. The number of nitrogens with zero attached hydrogens (tertiary/aromatic N) is 1. The zero-order chi connectivity index (χ0) is 19.1. The topological polar surface area (TPSA) is 50.8 Å². The van der Waals surface area contributed by atoms with Gasteiger partial charge in [-0.25, -0.2) is 9.18 Å². The van der Waals surface area contributed by atoms with Crippen LogP contribution in [0.2, 0.25) is 0 Å². The number of ether oxygens (including phenoxy) is 2. The zero-order valence-electron chi connectivity index (χ0n) is 15.5. The van der Waals surface area contributed by atoms with Crippen molar-refractivity contribution in [3.05, 3.63) is 71.5 Å². The number of piperazine rings is 1. The van der Waals surface area contributed by atoms with Gasteiger partial charge in [0.05, 0.1) is 12.2 Å². The molecule has 0 spiro atoms. The van der Waals surface area contributed by atoms with Crippen LogP contribution in [-0.4, -0.2) is 43.8 Å². The van der Waals surface area contributed by atoms with Gasteiger partial charge >= 0.3 is 6.09 Å². The standard InChI is InChI=1S/C21H25FN2O3/c1-2-16-26-21(17-8-4-3-5-9-17,18-10-6-7-11-19(18)22)27-20(25)24-14-12-23-13-15-24/h3-11,23H,2,12-16H2,1H3. The minimum absolute atomic E-state index is 0.188. The van der Waals surface area contributed by atoms with Gasteiger partial charge in [0.15, 0.2) is 0 Å². The molecular formula is C21H25FN2O3. The number of halogens is 1. The normalized spacial score (nSPS) is 16.6. The van der Waals surface area contributed by atoms with E-state index in [-0.39, 0.29) is 5.56 Å². The van der Waals surface area contributed by atoms with Gasteiger partial charge in [-0.05, 0) is 18.6 Å². The van der Waals surface area contributed by atoms with E-state index in [1.54, 1.807) is 35.2 Å². The third-order valence-electron chi connectivity index (χ3n) is 4.50. The van der Waals surface area contributed by atoms with Gasteiger partial charge in [-0.1, -0.05) is 49.4 Å². The van der Waals surface area contributed by atoms with Crippen LogP contribution >= 0.6 is 0 Å². The lowest BCUT2D eigenvalue weighted by atomic mass is 9.96. The van der Waals surface area contributed by atoms with Gasteiger partial charge in [-0.3, -0.25) is 0 Å². The molecule has 1 heterocycles. The summed E-state index contributed by atoms with van der Waals surface area (Å²) >= 11 is 0. The van der Waals surface area contributed by atoms with E-state index in [9.17, 15) is 9.18 Å². The van der Waals surface area contributed by atoms with Gasteiger partial charge in [0.25, 0.3) is 5.79 Å². The third kappa shape index (κ3) is 4.28. The van der Waals surface area contributed by atoms with Crippen LogP contribution in [0.3, 0.4) is 0 Å². The minimum Gasteiger partial charge on any atom is -0.408 e. The van der Waals surface area contributed by atoms with E-state index in [1.807, 2.05) is 25.1 Å². The van der Waals surface area contributed by atoms with Crippen molar-refractivity contribution >= 4 is 6.09 Å². The molecule has 1 fully saturated rings. The fourth-order valence-corrected chi connectivity index (χ4v) is 3.13. The van der Waals surface area contributed by atoms with Gasteiger partial charge in [-0.15, -0.1) is 0 Å². The molecule has 1 unspecified atom stereocenters. The van der Waals surface area contributed by atoms with Crippen molar-refractivity contribution in [3.63, 3.8) is 0 Å². The van der Waals surface area contributed by atoms with Crippen molar-refractivity contribution in [3.8, 4) is 0 Å². The number of nitrogens with one attached hydrogen (secondary N) is 1. The summed E-state index contributed by atoms with van der Waals surface area (Å²) in [7, 11) is 0. The quantitative estimate of drug-likeness (QED) is 0.789. The number of rotatable bonds is 6. The Labute approximate surface area is 159 Å². The molecule has 2 aromatic carbocycles. The van der Waals surface area contributed by atoms with E-state index in [1.165, 1.54) is 6.07 Å². The van der Waals surface area contributed by atoms with E-state index in [0.717, 1.165) is 0 Å². The van der Waals surface area contributed by atoms with Gasteiger partial charge < -0.3 is 19.7 Å². The Kier molecular flexibility index (Phi) is 6.42. The number of benzene rings is 2. The Balaban J connectivity index is 2.05. The highest BCUT2D eigenvalue weighted by molar-refractivity contribution is 5.69. The lowest BCUT2D eigenvalue weighted by Crippen LogP contribution is -2.49. The molecule has 1 aliphatic heterocycles. The van der Waals surface area contributed by atoms with Gasteiger partial charge in [0.1, 0.15) is 5.82 Å². The van der Waals surface area contributed by atoms with Crippen molar-refractivity contribution in [1.82, 2.24) is 10.2 Å². The molecule has 2 aromatic rings. The summed E-state index contributed by atoms with van der Waals surface area (Å²) in [6.45, 7) is 4.74. The molecule has 1 saturated heterocycles. The van der Waals surface area contributed by atoms with Crippen LogP contribution in [0, 0.1) is 5.82 Å². The highest BCUT2D eigenvalue weighted by Gasteiger charge is 2.43. The predicted octanol–water partition coefficient (Wildman–Crippen LogP) is 3.50. The lowest BCUT2D eigenvalue weighted by Gasteiger charge is -2.37. The third-order valence-corrected chi connectivity index (χ3v) is 4.50. The summed E-state index contributed by atoms with van der Waals surface area (Å²) in [5.74, 6) is -2.12. The molecule has 1 N–H and O–H groups in total. The number of hydrogen-bond donors (Lipinski definition) is 1. The molecule has 3 rings (SSSR count). The maximum atomic E-state index is 14.8. The second-order valence-electron chi connectivity index (χ2n) is 6.42. The van der Waals surface area contributed by atoms with Crippen molar-refractivity contribution in [2.45, 2.75) is 19.1 Å². The highest BCUT2D eigenvalue weighted by Crippen LogP contribution is 2.37. The van der Waals surface area contributed by atoms with Gasteiger partial charge in [0, 0.05) is 31.7 Å². The van der Waals surface area contributed by atoms with Crippen LogP contribution in [0.15, 0.2) is 54.6 Å². The molecule has 1 atom stereocenters. The van der Waals surface area contributed by atoms with E-state index in [0.29, 0.717) is 44.8 Å². The summed E-state index contributed by atoms with van der Waals surface area (Å²) in [5, 5.41) is 3.20. The Morgan fingerprint density at radius 2 is 1.78 bits per heavy atom. The van der Waals surface area contributed by atoms with Crippen LogP contribution in [0.1, 0.15) is 24.5 Å². The molecule has 0 aliphatic carbocycles. The Morgan fingerprint density at radius 1 is 1.11 bits per heavy atom. The van der Waals surface area contributed by atoms with Crippen LogP contribution in [0.5, 0.6) is 0 Å². The average Bonchev–Trinajstić information content (AvgIpc) is 2.73. The summed E-state index contributed by atoms with van der Waals surface area (Å²) in [5.41, 5.74) is 0.764. The van der Waals surface area contributed by atoms with Crippen molar-refractivity contribution in [2.24, 2.45) is 0 Å². The predicted molar refractivity (Wildman–Crippen MR) is 101 cm³/mol. The fourth-order valence-electron chi connectivity index (χ4n) is 3.13. The second-order valence-corrected chi connectivity index (χ2v) is 6.42. The van der Waals surface area contributed by atoms with Crippen molar-refractivity contribution in [1.29, 1.82) is 0 Å². The largest absolute Gasteiger partial charge is 0.412 e. The van der Waals surface area contributed by atoms with E-state index in [2.05, 4.69) is 5.32 Å². The second kappa shape index (κ2) is 8.97. The van der Waals surface area contributed by atoms with Gasteiger partial charge in [0.2, 0.25) is 0 Å². The minimum atomic E-state index is -1.63. The van der Waals surface area contributed by atoms with Crippen molar-refractivity contribution in [2.75, 3.05) is 32.8 Å². The monoisotopic (exact) mass is 372 g/mol. The smallest absolute Gasteiger partial charge is 0.408 e. The first-order valence-electron chi connectivity index (χ1n) is 9.30. The lowest BCUT2D eigenvalue weighted by molar-refractivity contribution is -0.188. The molecule has 0 saturated carbocycles. The molecule has 1 aliphatic rings. The first-order valence-corrected chi connectivity index (χ1v) is 9.30. The molecule has 5 nitrogen and oxygen atoms in total. The molecule has 0 radical (unpaired) electrons. The van der Waals surface area contributed by atoms with E-state index >= 15 is 0 Å². The molecule has 144 valence electrons. The van der Waals surface area contributed by atoms with Crippen LogP contribution in [-0.2, 0) is 15.3 Å². The van der Waals surface area contributed by atoms with Crippen molar-refractivity contribution < 1.29 is 18.7 Å². The van der Waals surface area contributed by atoms with Crippen LogP contribution in [0.4, 0.5) is 9.18 Å². The maximum absolute atomic E-state index is 14.8. The van der Waals surface area contributed by atoms with Crippen LogP contribution in [0.25, 0.3) is 0 Å². The molecule has 0 bridgehead atoms. The Bertz CT molecular complexity index is 750.